The van der Waals surface area contributed by atoms with Crippen LogP contribution in [0.1, 0.15) is 37.4 Å². The third-order valence-electron chi connectivity index (χ3n) is 3.30. The average molecular weight is 316 g/mol. The molecule has 1 aliphatic heterocycles. The Hall–Kier alpha value is -2.28. The number of hydrogen-bond acceptors (Lipinski definition) is 6. The van der Waals surface area contributed by atoms with Gasteiger partial charge in [-0.15, -0.1) is 11.3 Å². The molecule has 22 heavy (non-hydrogen) atoms. The van der Waals surface area contributed by atoms with Gasteiger partial charge in [-0.25, -0.2) is 4.98 Å². The molecule has 0 saturated carbocycles. The molecule has 0 aromatic carbocycles. The van der Waals surface area contributed by atoms with Crippen LogP contribution in [0.3, 0.4) is 0 Å². The van der Waals surface area contributed by atoms with E-state index in [0.29, 0.717) is 17.5 Å². The fourth-order valence-electron chi connectivity index (χ4n) is 2.02. The third kappa shape index (κ3) is 3.14. The first-order chi connectivity index (χ1) is 10.6. The Labute approximate surface area is 132 Å². The van der Waals surface area contributed by atoms with Gasteiger partial charge >= 0.3 is 0 Å². The molecule has 0 radical (unpaired) electrons. The monoisotopic (exact) mass is 316 g/mol. The summed E-state index contributed by atoms with van der Waals surface area (Å²) in [6, 6.07) is 3.72. The first kappa shape index (κ1) is 14.6. The zero-order valence-corrected chi connectivity index (χ0v) is 13.1. The summed E-state index contributed by atoms with van der Waals surface area (Å²) in [6.07, 6.45) is 3.21. The van der Waals surface area contributed by atoms with Crippen LogP contribution in [-0.2, 0) is 9.63 Å². The van der Waals surface area contributed by atoms with Gasteiger partial charge in [0, 0.05) is 29.8 Å². The Morgan fingerprint density at radius 2 is 2.36 bits per heavy atom. The van der Waals surface area contributed by atoms with Gasteiger partial charge in [-0.2, -0.15) is 0 Å². The van der Waals surface area contributed by atoms with Crippen LogP contribution in [0.15, 0.2) is 35.1 Å². The van der Waals surface area contributed by atoms with Crippen molar-refractivity contribution in [1.82, 2.24) is 9.97 Å². The lowest BCUT2D eigenvalue weighted by Crippen LogP contribution is -2.28. The van der Waals surface area contributed by atoms with Gasteiger partial charge in [0.05, 0.1) is 11.4 Å². The van der Waals surface area contributed by atoms with Crippen molar-refractivity contribution >= 4 is 28.1 Å². The number of carbonyl (C=O) groups is 1. The van der Waals surface area contributed by atoms with Crippen LogP contribution in [0.5, 0.6) is 0 Å². The molecule has 1 N–H and O–H groups in total. The summed E-state index contributed by atoms with van der Waals surface area (Å²) in [6.45, 7) is 4.13. The molecule has 1 amide bonds. The molecule has 114 valence electrons. The molecule has 7 heteroatoms. The fraction of sp³-hybridized carbons (Fsp3) is 0.333. The Morgan fingerprint density at radius 1 is 1.50 bits per heavy atom. The second-order valence-corrected chi connectivity index (χ2v) is 6.16. The van der Waals surface area contributed by atoms with Crippen LogP contribution in [0, 0.1) is 0 Å². The summed E-state index contributed by atoms with van der Waals surface area (Å²) in [5.74, 6) is 0.109. The van der Waals surface area contributed by atoms with E-state index in [0.717, 1.165) is 17.0 Å². The van der Waals surface area contributed by atoms with E-state index in [1.54, 1.807) is 12.4 Å². The largest absolute Gasteiger partial charge is 0.382 e. The number of carbonyl (C=O) groups excluding carboxylic acids is 1. The summed E-state index contributed by atoms with van der Waals surface area (Å²) in [7, 11) is 0. The summed E-state index contributed by atoms with van der Waals surface area (Å²) >= 11 is 1.42. The molecule has 0 fully saturated rings. The van der Waals surface area contributed by atoms with E-state index in [4.69, 9.17) is 4.84 Å². The van der Waals surface area contributed by atoms with Crippen molar-refractivity contribution in [2.24, 2.45) is 5.16 Å². The van der Waals surface area contributed by atoms with E-state index in [1.807, 2.05) is 17.5 Å². The predicted molar refractivity (Wildman–Crippen MR) is 85.1 cm³/mol. The highest BCUT2D eigenvalue weighted by Crippen LogP contribution is 2.23. The van der Waals surface area contributed by atoms with E-state index in [2.05, 4.69) is 34.3 Å². The minimum absolute atomic E-state index is 0.229. The molecular weight excluding hydrogens is 300 g/mol. The van der Waals surface area contributed by atoms with E-state index >= 15 is 0 Å². The number of aromatic nitrogens is 2. The Morgan fingerprint density at radius 3 is 3.05 bits per heavy atom. The molecule has 1 atom stereocenters. The number of thiazole rings is 1. The smallest absolute Gasteiger partial charge is 0.270 e. The highest BCUT2D eigenvalue weighted by atomic mass is 32.1. The first-order valence-electron chi connectivity index (χ1n) is 7.03. The number of amides is 1. The summed E-state index contributed by atoms with van der Waals surface area (Å²) in [5, 5.41) is 9.31. The lowest BCUT2D eigenvalue weighted by molar-refractivity contribution is -0.125. The predicted octanol–water partition coefficient (Wildman–Crippen LogP) is 2.79. The van der Waals surface area contributed by atoms with Crippen LogP contribution >= 0.6 is 11.3 Å². The molecule has 0 saturated heterocycles. The van der Waals surface area contributed by atoms with E-state index < -0.39 is 6.10 Å². The molecule has 6 nitrogen and oxygen atoms in total. The van der Waals surface area contributed by atoms with Crippen LogP contribution < -0.4 is 5.32 Å². The van der Waals surface area contributed by atoms with Gasteiger partial charge in [0.1, 0.15) is 0 Å². The van der Waals surface area contributed by atoms with Gasteiger partial charge < -0.3 is 4.84 Å². The van der Waals surface area contributed by atoms with Gasteiger partial charge in [0.25, 0.3) is 5.91 Å². The minimum Gasteiger partial charge on any atom is -0.382 e. The second-order valence-electron chi connectivity index (χ2n) is 5.30. The zero-order valence-electron chi connectivity index (χ0n) is 12.3. The maximum atomic E-state index is 12.2. The number of nitrogens with zero attached hydrogens (tertiary/aromatic N) is 3. The molecule has 2 aromatic rings. The highest BCUT2D eigenvalue weighted by Gasteiger charge is 2.29. The number of pyridine rings is 1. The maximum Gasteiger partial charge on any atom is 0.270 e. The molecule has 0 aliphatic carbocycles. The zero-order chi connectivity index (χ0) is 15.5. The molecule has 0 unspecified atom stereocenters. The number of oxime groups is 1. The van der Waals surface area contributed by atoms with Crippen LogP contribution in [0.2, 0.25) is 0 Å². The van der Waals surface area contributed by atoms with Gasteiger partial charge in [-0.3, -0.25) is 15.1 Å². The summed E-state index contributed by atoms with van der Waals surface area (Å²) < 4.78 is 0. The Bertz CT molecular complexity index is 697. The lowest BCUT2D eigenvalue weighted by Gasteiger charge is -2.07. The molecule has 0 bridgehead atoms. The quantitative estimate of drug-likeness (QED) is 0.941. The lowest BCUT2D eigenvalue weighted by atomic mass is 10.1. The van der Waals surface area contributed by atoms with Gasteiger partial charge in [-0.05, 0) is 18.1 Å². The SMILES string of the molecule is CC(C)c1csc(NC(=O)[C@H]2CC(c3cccnc3)=NO2)n1. The van der Waals surface area contributed by atoms with E-state index in [-0.39, 0.29) is 5.91 Å². The Kier molecular flexibility index (Phi) is 4.15. The molecule has 3 heterocycles. The average Bonchev–Trinajstić information content (AvgIpc) is 3.17. The van der Waals surface area contributed by atoms with Crippen molar-refractivity contribution in [3.63, 3.8) is 0 Å². The highest BCUT2D eigenvalue weighted by molar-refractivity contribution is 7.13. The molecule has 0 spiro atoms. The van der Waals surface area contributed by atoms with Crippen molar-refractivity contribution in [2.75, 3.05) is 5.32 Å². The molecule has 1 aliphatic rings. The third-order valence-corrected chi connectivity index (χ3v) is 4.08. The first-order valence-corrected chi connectivity index (χ1v) is 7.91. The van der Waals surface area contributed by atoms with Crippen molar-refractivity contribution in [3.05, 3.63) is 41.2 Å². The summed E-state index contributed by atoms with van der Waals surface area (Å²) in [5.41, 5.74) is 2.57. The van der Waals surface area contributed by atoms with Crippen molar-refractivity contribution in [1.29, 1.82) is 0 Å². The normalized spacial score (nSPS) is 17.2. The van der Waals surface area contributed by atoms with Crippen LogP contribution in [0.4, 0.5) is 5.13 Å². The number of hydrogen-bond donors (Lipinski definition) is 1. The maximum absolute atomic E-state index is 12.2. The van der Waals surface area contributed by atoms with Crippen molar-refractivity contribution in [2.45, 2.75) is 32.3 Å². The molecule has 2 aromatic heterocycles. The van der Waals surface area contributed by atoms with Crippen LogP contribution in [-0.4, -0.2) is 27.7 Å². The van der Waals surface area contributed by atoms with Crippen molar-refractivity contribution in [3.8, 4) is 0 Å². The van der Waals surface area contributed by atoms with Gasteiger partial charge in [0.2, 0.25) is 6.10 Å². The summed E-state index contributed by atoms with van der Waals surface area (Å²) in [4.78, 5) is 25.9. The number of rotatable bonds is 4. The van der Waals surface area contributed by atoms with Gasteiger partial charge in [-0.1, -0.05) is 19.0 Å². The molecule has 3 rings (SSSR count). The standard InChI is InChI=1S/C15H16N4O2S/c1-9(2)12-8-22-15(17-12)18-14(20)13-6-11(19-21-13)10-4-3-5-16-7-10/h3-5,7-9,13H,6H2,1-2H3,(H,17,18,20)/t13-/m1/s1. The molecular formula is C15H16N4O2S. The number of anilines is 1. The second kappa shape index (κ2) is 6.23. The number of nitrogens with one attached hydrogen (secondary N) is 1. The van der Waals surface area contributed by atoms with Crippen molar-refractivity contribution < 1.29 is 9.63 Å². The fourth-order valence-corrected chi connectivity index (χ4v) is 2.89. The Balaban J connectivity index is 1.60. The van der Waals surface area contributed by atoms with Crippen LogP contribution in [0.25, 0.3) is 0 Å². The van der Waals surface area contributed by atoms with E-state index in [1.165, 1.54) is 11.3 Å². The minimum atomic E-state index is -0.624. The van der Waals surface area contributed by atoms with Gasteiger partial charge in [0.15, 0.2) is 5.13 Å². The van der Waals surface area contributed by atoms with E-state index in [9.17, 15) is 4.79 Å². The topological polar surface area (TPSA) is 76.5 Å².